The van der Waals surface area contributed by atoms with E-state index in [4.69, 9.17) is 32.0 Å². The van der Waals surface area contributed by atoms with E-state index in [1.54, 1.807) is 11.5 Å². The van der Waals surface area contributed by atoms with Gasteiger partial charge >= 0.3 is 17.9 Å². The molecule has 24 heteroatoms. The summed E-state index contributed by atoms with van der Waals surface area (Å²) in [6.07, 6.45) is 0.150. The normalized spacial score (nSPS) is 19.0. The number of likely N-dealkylation sites (tertiary alicyclic amines) is 1. The molecule has 5 heterocycles. The number of aromatic hydroxyl groups is 2. The summed E-state index contributed by atoms with van der Waals surface area (Å²) in [4.78, 5) is 100. The number of aryl methyl sites for hydroxylation is 1. The zero-order valence-electron chi connectivity index (χ0n) is 32.0. The number of benzene rings is 1. The predicted molar refractivity (Wildman–Crippen MR) is 215 cm³/mol. The number of thiazole rings is 1. The summed E-state index contributed by atoms with van der Waals surface area (Å²) in [7, 11) is 1.18. The van der Waals surface area contributed by atoms with Gasteiger partial charge in [0.2, 0.25) is 11.5 Å². The fourth-order valence-corrected chi connectivity index (χ4v) is 9.58. The molecule has 0 aliphatic carbocycles. The van der Waals surface area contributed by atoms with Crippen molar-refractivity contribution in [2.45, 2.75) is 50.3 Å². The molecule has 2 aromatic heterocycles. The topological polar surface area (TPSA) is 302 Å². The lowest BCUT2D eigenvalue weighted by molar-refractivity contribution is -0.911. The maximum atomic E-state index is 13.8. The molecule has 0 bridgehead atoms. The second-order valence-electron chi connectivity index (χ2n) is 14.1. The summed E-state index contributed by atoms with van der Waals surface area (Å²) in [5.74, 6) is -7.17. The van der Waals surface area contributed by atoms with Crippen LogP contribution in [0.15, 0.2) is 38.9 Å². The molecule has 0 radical (unpaired) electrons. The first-order chi connectivity index (χ1) is 28.5. The van der Waals surface area contributed by atoms with Crippen molar-refractivity contribution in [1.82, 2.24) is 25.1 Å². The number of carbonyl (C=O) groups is 6. The van der Waals surface area contributed by atoms with Gasteiger partial charge in [0, 0.05) is 48.4 Å². The lowest BCUT2D eigenvalue weighted by Crippen LogP contribution is -2.71. The number of hydrogen-bond acceptors (Lipinski definition) is 16. The highest BCUT2D eigenvalue weighted by atomic mass is 35.5. The minimum atomic E-state index is -1.95. The molecule has 0 spiro atoms. The third-order valence-electron chi connectivity index (χ3n) is 10.4. The summed E-state index contributed by atoms with van der Waals surface area (Å²) in [5.41, 5.74) is 4.98. The molecule has 8 N–H and O–H groups in total. The van der Waals surface area contributed by atoms with Crippen molar-refractivity contribution in [3.8, 4) is 11.5 Å². The number of carbonyl (C=O) groups excluding carboxylic acids is 4. The lowest BCUT2D eigenvalue weighted by Gasteiger charge is -2.50. The van der Waals surface area contributed by atoms with E-state index in [2.05, 4.69) is 20.8 Å². The van der Waals surface area contributed by atoms with E-state index in [0.717, 1.165) is 24.2 Å². The number of phenolic OH excluding ortho intramolecular Hbond substituents is 2. The summed E-state index contributed by atoms with van der Waals surface area (Å²) in [6.45, 7) is 4.31. The standard InChI is InChI=1S/C36H39ClN8O13S2/c1-3-43-12-17(28(49)23-19(43)10-20(46)29(50)24(23)37)30(51)39-6-9-45(7-4-5-8-45)13-16-14-59-33-26(32(53)44(33)27(16)35(56)57-2)41-31(52)25(18-15-60-36(38)40-18)42-58-21(34(54)55)11-22(47)48/h10,12,15,21,26,33H,3-9,11,13-14H2,1-2H3,(H7-,38,39,40,41,42,46,47,48,49,50,51,52,54,55)/p+1/t21-,26+,33+/m0/s1. The van der Waals surface area contributed by atoms with E-state index >= 15 is 0 Å². The third-order valence-corrected chi connectivity index (χ3v) is 12.7. The number of anilines is 1. The first kappa shape index (κ1) is 43.7. The summed E-state index contributed by atoms with van der Waals surface area (Å²) < 4.78 is 7.11. The molecule has 60 heavy (non-hydrogen) atoms. The molecule has 6 rings (SSSR count). The highest BCUT2D eigenvalue weighted by molar-refractivity contribution is 8.00. The number of pyridine rings is 1. The largest absolute Gasteiger partial charge is 0.504 e. The number of hydrogen-bond donors (Lipinski definition) is 7. The zero-order valence-corrected chi connectivity index (χ0v) is 34.4. The van der Waals surface area contributed by atoms with E-state index < -0.39 is 82.2 Å². The van der Waals surface area contributed by atoms with Gasteiger partial charge in [0.05, 0.1) is 55.6 Å². The Hall–Kier alpha value is -5.91. The number of halogens is 1. The number of nitrogens with two attached hydrogens (primary N) is 1. The van der Waals surface area contributed by atoms with Crippen LogP contribution in [0, 0.1) is 0 Å². The summed E-state index contributed by atoms with van der Waals surface area (Å²) >= 11 is 8.46. The van der Waals surface area contributed by atoms with Crippen molar-refractivity contribution >= 4 is 92.1 Å². The van der Waals surface area contributed by atoms with E-state index in [9.17, 15) is 48.9 Å². The van der Waals surface area contributed by atoms with Crippen LogP contribution in [-0.4, -0.2) is 144 Å². The minimum absolute atomic E-state index is 0.0232. The number of carboxylic acid groups (broad SMARTS) is 2. The number of amides is 3. The van der Waals surface area contributed by atoms with Crippen molar-refractivity contribution in [2.75, 3.05) is 51.3 Å². The van der Waals surface area contributed by atoms with Gasteiger partial charge in [0.15, 0.2) is 22.3 Å². The summed E-state index contributed by atoms with van der Waals surface area (Å²) in [6, 6.07) is 0.0223. The number of phenols is 2. The maximum absolute atomic E-state index is 13.8. The Bertz CT molecular complexity index is 2410. The van der Waals surface area contributed by atoms with Crippen LogP contribution in [0.3, 0.4) is 0 Å². The number of nitrogens with one attached hydrogen (secondary N) is 2. The molecule has 0 unspecified atom stereocenters. The van der Waals surface area contributed by atoms with Crippen molar-refractivity contribution < 1.29 is 63.3 Å². The maximum Gasteiger partial charge on any atom is 0.355 e. The van der Waals surface area contributed by atoms with Gasteiger partial charge in [-0.1, -0.05) is 16.8 Å². The van der Waals surface area contributed by atoms with Gasteiger partial charge in [-0.25, -0.2) is 14.6 Å². The number of thioether (sulfide) groups is 1. The lowest BCUT2D eigenvalue weighted by atomic mass is 10.0. The van der Waals surface area contributed by atoms with Crippen LogP contribution in [-0.2, 0) is 40.1 Å². The number of nitrogen functional groups attached to an aromatic ring is 1. The van der Waals surface area contributed by atoms with Gasteiger partial charge in [0.25, 0.3) is 17.7 Å². The third kappa shape index (κ3) is 8.55. The number of aliphatic carboxylic acids is 2. The van der Waals surface area contributed by atoms with Gasteiger partial charge in [-0.2, -0.15) is 0 Å². The van der Waals surface area contributed by atoms with Crippen molar-refractivity contribution in [1.29, 1.82) is 0 Å². The number of β-lactam (4-membered cyclic amide) rings is 1. The predicted octanol–water partition coefficient (Wildman–Crippen LogP) is 0.641. The van der Waals surface area contributed by atoms with Crippen molar-refractivity contribution in [2.24, 2.45) is 5.16 Å². The van der Waals surface area contributed by atoms with Gasteiger partial charge < -0.3 is 55.4 Å². The Morgan fingerprint density at radius 2 is 1.88 bits per heavy atom. The second-order valence-corrected chi connectivity index (χ2v) is 16.5. The first-order valence-electron chi connectivity index (χ1n) is 18.4. The van der Waals surface area contributed by atoms with Crippen LogP contribution in [0.1, 0.15) is 42.2 Å². The highest BCUT2D eigenvalue weighted by Gasteiger charge is 2.55. The Morgan fingerprint density at radius 1 is 1.17 bits per heavy atom. The molecule has 3 aromatic rings. The molecule has 21 nitrogen and oxygen atoms in total. The molecule has 320 valence electrons. The van der Waals surface area contributed by atoms with Crippen molar-refractivity contribution in [3.63, 3.8) is 0 Å². The Kier molecular flexibility index (Phi) is 12.9. The molecule has 3 atom stereocenters. The highest BCUT2D eigenvalue weighted by Crippen LogP contribution is 2.42. The van der Waals surface area contributed by atoms with Gasteiger partial charge in [0.1, 0.15) is 34.9 Å². The number of quaternary nitrogens is 1. The van der Waals surface area contributed by atoms with E-state index in [0.29, 0.717) is 42.8 Å². The van der Waals surface area contributed by atoms with Gasteiger partial charge in [-0.15, -0.1) is 23.1 Å². The number of carboxylic acids is 2. The molecule has 3 amide bonds. The summed E-state index contributed by atoms with van der Waals surface area (Å²) in [5, 5.41) is 47.8. The molecular weight excluding hydrogens is 852 g/mol. The molecule has 3 aliphatic heterocycles. The van der Waals surface area contributed by atoms with E-state index in [1.165, 1.54) is 41.4 Å². The Balaban J connectivity index is 1.19. The number of ether oxygens (including phenoxy) is 1. The molecule has 2 fully saturated rings. The number of rotatable bonds is 16. The minimum Gasteiger partial charge on any atom is -0.504 e. The number of methoxy groups -OCH3 is 1. The number of nitrogens with zero attached hydrogens (tertiary/aromatic N) is 5. The van der Waals surface area contributed by atoms with Crippen LogP contribution >= 0.6 is 34.7 Å². The SMILES string of the molecule is CCn1cc(C(=O)NCC[N+]2(CC3=C(C(=O)OC)N4C(=O)[C@@H](NC(=O)/C(=N\O[C@@H](CC(=O)O)C(=O)O)c5csc(N)n5)[C@H]4SC3)CCCC2)c(=O)c2c(Cl)c(O)c(O)cc21. The molecule has 0 saturated carbocycles. The van der Waals surface area contributed by atoms with Crippen LogP contribution in [0.5, 0.6) is 11.5 Å². The Labute approximate surface area is 352 Å². The van der Waals surface area contributed by atoms with Crippen LogP contribution in [0.4, 0.5) is 5.13 Å². The van der Waals surface area contributed by atoms with E-state index in [-0.39, 0.29) is 50.3 Å². The van der Waals surface area contributed by atoms with Gasteiger partial charge in [-0.05, 0) is 6.92 Å². The number of esters is 1. The Morgan fingerprint density at radius 3 is 2.50 bits per heavy atom. The van der Waals surface area contributed by atoms with E-state index in [1.807, 2.05) is 0 Å². The number of fused-ring (bicyclic) bond motifs is 2. The molecule has 2 saturated heterocycles. The smallest absolute Gasteiger partial charge is 0.355 e. The molecular formula is C36H40ClN8O13S2+. The first-order valence-corrected chi connectivity index (χ1v) is 20.7. The fourth-order valence-electron chi connectivity index (χ4n) is 7.42. The van der Waals surface area contributed by atoms with Crippen molar-refractivity contribution in [3.05, 3.63) is 55.4 Å². The fraction of sp³-hybridized carbons (Fsp3) is 0.417. The zero-order chi connectivity index (χ0) is 43.6. The average Bonchev–Trinajstić information content (AvgIpc) is 3.86. The van der Waals surface area contributed by atoms with Crippen LogP contribution in [0.2, 0.25) is 5.02 Å². The monoisotopic (exact) mass is 891 g/mol. The van der Waals surface area contributed by atoms with Crippen LogP contribution < -0.4 is 21.8 Å². The average molecular weight is 892 g/mol. The quantitative estimate of drug-likeness (QED) is 0.0259. The number of aromatic nitrogens is 2. The molecule has 3 aliphatic rings. The van der Waals surface area contributed by atoms with Gasteiger partial charge in [-0.3, -0.25) is 28.9 Å². The second kappa shape index (κ2) is 17.7. The number of oxime groups is 1. The van der Waals surface area contributed by atoms with Crippen LogP contribution in [0.25, 0.3) is 10.9 Å². The molecule has 1 aromatic carbocycles.